The summed E-state index contributed by atoms with van der Waals surface area (Å²) < 4.78 is -0.945. The zero-order chi connectivity index (χ0) is 19.2. The first-order chi connectivity index (χ1) is 12.4. The van der Waals surface area contributed by atoms with Gasteiger partial charge in [-0.15, -0.1) is 23.5 Å². The first-order valence-electron chi connectivity index (χ1n) is 8.12. The van der Waals surface area contributed by atoms with Crippen molar-refractivity contribution in [3.8, 4) is 12.1 Å². The number of nitro benzene ring substituents is 1. The van der Waals surface area contributed by atoms with Gasteiger partial charge >= 0.3 is 0 Å². The van der Waals surface area contributed by atoms with E-state index < -0.39 is 25.9 Å². The molecule has 26 heavy (non-hydrogen) atoms. The molecule has 1 aromatic carbocycles. The van der Waals surface area contributed by atoms with E-state index in [2.05, 4.69) is 17.1 Å². The molecule has 0 aromatic heterocycles. The number of para-hydroxylation sites is 1. The van der Waals surface area contributed by atoms with Gasteiger partial charge in [-0.05, 0) is 11.5 Å². The summed E-state index contributed by atoms with van der Waals surface area (Å²) in [6.45, 7) is 3.91. The smallest absolute Gasteiger partial charge is 0.272 e. The van der Waals surface area contributed by atoms with E-state index in [1.54, 1.807) is 18.2 Å². The molecule has 0 amide bonds. The molecule has 1 aliphatic heterocycles. The fourth-order valence-corrected chi connectivity index (χ4v) is 7.37. The highest BCUT2D eigenvalue weighted by Crippen LogP contribution is 2.85. The van der Waals surface area contributed by atoms with E-state index in [-0.39, 0.29) is 11.5 Å². The summed E-state index contributed by atoms with van der Waals surface area (Å²) in [4.78, 5) is 15.6. The van der Waals surface area contributed by atoms with E-state index >= 15 is 0 Å². The average molecular weight is 387 g/mol. The molecule has 3 rings (SSSR count). The third-order valence-corrected chi connectivity index (χ3v) is 7.95. The molecule has 2 aliphatic rings. The Morgan fingerprint density at radius 2 is 1.88 bits per heavy atom. The Morgan fingerprint density at radius 1 is 1.27 bits per heavy atom. The van der Waals surface area contributed by atoms with Gasteiger partial charge in [-0.3, -0.25) is 10.1 Å². The Balaban J connectivity index is 2.28. The number of nitrogens with zero attached hydrogens (tertiary/aromatic N) is 4. The molecule has 3 unspecified atom stereocenters. The summed E-state index contributed by atoms with van der Waals surface area (Å²) in [5.41, 5.74) is 3.91. The van der Waals surface area contributed by atoms with Gasteiger partial charge in [-0.1, -0.05) is 32.0 Å². The minimum Gasteiger partial charge on any atom is -0.386 e. The second-order valence-corrected chi connectivity index (χ2v) is 9.21. The maximum absolute atomic E-state index is 11.5. The van der Waals surface area contributed by atoms with Crippen LogP contribution in [-0.4, -0.2) is 26.5 Å². The van der Waals surface area contributed by atoms with E-state index in [1.165, 1.54) is 29.6 Å². The number of hydrogen-bond donors (Lipinski definition) is 1. The van der Waals surface area contributed by atoms with Crippen LogP contribution in [-0.2, 0) is 0 Å². The number of rotatable bonds is 6. The van der Waals surface area contributed by atoms with E-state index in [9.17, 15) is 20.6 Å². The molecule has 1 heterocycles. The van der Waals surface area contributed by atoms with Crippen LogP contribution in [0.1, 0.15) is 25.3 Å². The zero-order valence-corrected chi connectivity index (χ0v) is 15.9. The van der Waals surface area contributed by atoms with Crippen molar-refractivity contribution in [3.63, 3.8) is 0 Å². The summed E-state index contributed by atoms with van der Waals surface area (Å²) >= 11 is 2.93. The van der Waals surface area contributed by atoms with Gasteiger partial charge < -0.3 is 5.73 Å². The van der Waals surface area contributed by atoms with Crippen LogP contribution >= 0.6 is 23.5 Å². The molecule has 0 radical (unpaired) electrons. The molecular weight excluding hydrogens is 370 g/mol. The van der Waals surface area contributed by atoms with Gasteiger partial charge in [0.15, 0.2) is 4.20 Å². The fourth-order valence-electron chi connectivity index (χ4n) is 4.11. The van der Waals surface area contributed by atoms with Crippen molar-refractivity contribution in [2.45, 2.75) is 24.0 Å². The summed E-state index contributed by atoms with van der Waals surface area (Å²) in [7, 11) is 0. The molecular formula is C17H17N5O2S2. The van der Waals surface area contributed by atoms with Gasteiger partial charge in [0.1, 0.15) is 16.7 Å². The lowest BCUT2D eigenvalue weighted by atomic mass is 9.97. The van der Waals surface area contributed by atoms with Crippen molar-refractivity contribution in [1.29, 1.82) is 10.5 Å². The SMILES string of the molecule is CCSC1(SCC)N=C(N)C2(C#N)C(c3ccccc3[N+](=O)[O-])C12C#N. The van der Waals surface area contributed by atoms with Crippen LogP contribution in [0.15, 0.2) is 29.3 Å². The number of aliphatic imine (C=N–C) groups is 1. The molecule has 1 aromatic rings. The van der Waals surface area contributed by atoms with E-state index in [4.69, 9.17) is 5.73 Å². The second kappa shape index (κ2) is 6.19. The largest absolute Gasteiger partial charge is 0.386 e. The molecule has 1 saturated carbocycles. The maximum atomic E-state index is 11.5. The Labute approximate surface area is 159 Å². The van der Waals surface area contributed by atoms with Crippen LogP contribution in [0.3, 0.4) is 0 Å². The van der Waals surface area contributed by atoms with Crippen LogP contribution in [0, 0.1) is 43.6 Å². The predicted molar refractivity (Wildman–Crippen MR) is 103 cm³/mol. The number of amidine groups is 1. The number of nitrogens with two attached hydrogens (primary N) is 1. The first-order valence-corrected chi connectivity index (χ1v) is 10.1. The van der Waals surface area contributed by atoms with Crippen molar-refractivity contribution >= 4 is 35.0 Å². The summed E-state index contributed by atoms with van der Waals surface area (Å²) in [6.07, 6.45) is 0. The highest BCUT2D eigenvalue weighted by molar-refractivity contribution is 8.18. The highest BCUT2D eigenvalue weighted by atomic mass is 32.2. The van der Waals surface area contributed by atoms with Gasteiger partial charge in [0.25, 0.3) is 5.69 Å². The lowest BCUT2D eigenvalue weighted by molar-refractivity contribution is -0.385. The van der Waals surface area contributed by atoms with E-state index in [0.29, 0.717) is 17.1 Å². The van der Waals surface area contributed by atoms with E-state index in [1.807, 2.05) is 13.8 Å². The van der Waals surface area contributed by atoms with Crippen LogP contribution in [0.4, 0.5) is 5.69 Å². The van der Waals surface area contributed by atoms with Crippen LogP contribution < -0.4 is 5.73 Å². The summed E-state index contributed by atoms with van der Waals surface area (Å²) in [6, 6.07) is 10.8. The number of nitriles is 2. The predicted octanol–water partition coefficient (Wildman–Crippen LogP) is 3.24. The maximum Gasteiger partial charge on any atom is 0.272 e. The Morgan fingerprint density at radius 3 is 2.38 bits per heavy atom. The number of thioether (sulfide) groups is 2. The monoisotopic (exact) mass is 387 g/mol. The van der Waals surface area contributed by atoms with Gasteiger partial charge in [0.05, 0.1) is 17.1 Å². The molecule has 1 fully saturated rings. The molecule has 0 spiro atoms. The second-order valence-electron chi connectivity index (χ2n) is 6.03. The lowest BCUT2D eigenvalue weighted by Crippen LogP contribution is -2.31. The first kappa shape index (κ1) is 18.6. The third-order valence-electron chi connectivity index (χ3n) is 5.05. The number of benzene rings is 1. The van der Waals surface area contributed by atoms with Gasteiger partial charge in [-0.25, -0.2) is 4.99 Å². The molecule has 0 saturated heterocycles. The van der Waals surface area contributed by atoms with Crippen molar-refractivity contribution in [1.82, 2.24) is 0 Å². The van der Waals surface area contributed by atoms with E-state index in [0.717, 1.165) is 0 Å². The van der Waals surface area contributed by atoms with Gasteiger partial charge in [0, 0.05) is 17.5 Å². The molecule has 0 bridgehead atoms. The molecule has 7 nitrogen and oxygen atoms in total. The van der Waals surface area contributed by atoms with Gasteiger partial charge in [-0.2, -0.15) is 10.5 Å². The fraction of sp³-hybridized carbons (Fsp3) is 0.471. The van der Waals surface area contributed by atoms with Crippen LogP contribution in [0.2, 0.25) is 0 Å². The Kier molecular flexibility index (Phi) is 4.41. The highest BCUT2D eigenvalue weighted by Gasteiger charge is 2.92. The average Bonchev–Trinajstić information content (AvgIpc) is 3.20. The lowest BCUT2D eigenvalue weighted by Gasteiger charge is -2.31. The van der Waals surface area contributed by atoms with Crippen molar-refractivity contribution in [2.75, 3.05) is 11.5 Å². The summed E-state index contributed by atoms with van der Waals surface area (Å²) in [5, 5.41) is 31.7. The molecule has 9 heteroatoms. The van der Waals surface area contributed by atoms with Crippen LogP contribution in [0.5, 0.6) is 0 Å². The summed E-state index contributed by atoms with van der Waals surface area (Å²) in [5.74, 6) is 0.783. The van der Waals surface area contributed by atoms with Crippen molar-refractivity contribution < 1.29 is 4.92 Å². The standard InChI is InChI=1S/C17H17N5O2S2/c1-3-25-17(26-4-2)16(10-19)13(15(16,9-18)14(20)21-17)11-7-5-6-8-12(11)22(23)24/h5-8,13H,3-4H2,1-2H3,(H2,20,21). The topological polar surface area (TPSA) is 129 Å². The van der Waals surface area contributed by atoms with Crippen molar-refractivity contribution in [2.24, 2.45) is 21.6 Å². The van der Waals surface area contributed by atoms with Crippen molar-refractivity contribution in [3.05, 3.63) is 39.9 Å². The molecule has 3 atom stereocenters. The number of fused-ring (bicyclic) bond motifs is 1. The Bertz CT molecular complexity index is 884. The normalized spacial score (nSPS) is 30.6. The molecule has 1 aliphatic carbocycles. The zero-order valence-electron chi connectivity index (χ0n) is 14.3. The number of hydrogen-bond acceptors (Lipinski definition) is 8. The number of nitro groups is 1. The molecule has 2 N–H and O–H groups in total. The van der Waals surface area contributed by atoms with Crippen LogP contribution in [0.25, 0.3) is 0 Å². The minimum atomic E-state index is -1.34. The Hall–Kier alpha value is -2.23. The quantitative estimate of drug-likeness (QED) is 0.450. The molecule has 134 valence electrons. The van der Waals surface area contributed by atoms with Gasteiger partial charge in [0.2, 0.25) is 0 Å². The third kappa shape index (κ3) is 1.93. The minimum absolute atomic E-state index is 0.0964.